The highest BCUT2D eigenvalue weighted by Gasteiger charge is 2.23. The van der Waals surface area contributed by atoms with Crippen LogP contribution in [0.25, 0.3) is 0 Å². The van der Waals surface area contributed by atoms with Crippen LogP contribution in [-0.4, -0.2) is 24.8 Å². The lowest BCUT2D eigenvalue weighted by molar-refractivity contribution is -0.123. The summed E-state index contributed by atoms with van der Waals surface area (Å²) in [5.41, 5.74) is 0. The normalized spacial score (nSPS) is 21.9. The Hall–Kier alpha value is -0.900. The predicted molar refractivity (Wildman–Crippen MR) is 51.7 cm³/mol. The highest BCUT2D eigenvalue weighted by Crippen LogP contribution is 2.07. The van der Waals surface area contributed by atoms with Crippen molar-refractivity contribution in [2.45, 2.75) is 20.3 Å². The zero-order valence-electron chi connectivity index (χ0n) is 8.18. The zero-order chi connectivity index (χ0) is 9.84. The van der Waals surface area contributed by atoms with Gasteiger partial charge in [0, 0.05) is 12.5 Å². The van der Waals surface area contributed by atoms with Crippen LogP contribution in [0, 0.1) is 17.2 Å². The maximum Gasteiger partial charge on any atom is 0.229 e. The number of hydrogen-bond acceptors (Lipinski definition) is 3. The molecule has 1 fully saturated rings. The fourth-order valence-corrected chi connectivity index (χ4v) is 1.26. The second-order valence-corrected chi connectivity index (χ2v) is 3.75. The number of rotatable bonds is 2. The summed E-state index contributed by atoms with van der Waals surface area (Å²) in [6.07, 6.45) is 0.886. The fraction of sp³-hybridized carbons (Fsp3) is 0.778. The number of amides is 1. The van der Waals surface area contributed by atoms with Gasteiger partial charge in [0.1, 0.15) is 5.84 Å². The molecule has 1 heterocycles. The van der Waals surface area contributed by atoms with Crippen molar-refractivity contribution < 1.29 is 4.79 Å². The second kappa shape index (κ2) is 4.37. The number of carbonyl (C=O) groups excluding carboxylic acids is 1. The molecular formula is C9H17N3O. The molecule has 0 spiro atoms. The Morgan fingerprint density at radius 3 is 2.77 bits per heavy atom. The van der Waals surface area contributed by atoms with E-state index >= 15 is 0 Å². The van der Waals surface area contributed by atoms with E-state index in [0.717, 1.165) is 19.5 Å². The van der Waals surface area contributed by atoms with Gasteiger partial charge in [0.05, 0.1) is 5.92 Å². The van der Waals surface area contributed by atoms with E-state index in [9.17, 15) is 4.79 Å². The average Bonchev–Trinajstić information content (AvgIpc) is 2.55. The van der Waals surface area contributed by atoms with Crippen LogP contribution in [0.4, 0.5) is 0 Å². The molecule has 4 nitrogen and oxygen atoms in total. The molecule has 1 aliphatic heterocycles. The summed E-state index contributed by atoms with van der Waals surface area (Å²) in [6, 6.07) is 0. The largest absolute Gasteiger partial charge is 0.316 e. The summed E-state index contributed by atoms with van der Waals surface area (Å²) in [4.78, 5) is 11.5. The van der Waals surface area contributed by atoms with E-state index in [4.69, 9.17) is 5.41 Å². The van der Waals surface area contributed by atoms with E-state index < -0.39 is 0 Å². The summed E-state index contributed by atoms with van der Waals surface area (Å²) in [5.74, 6) is 0.456. The minimum Gasteiger partial charge on any atom is -0.316 e. The van der Waals surface area contributed by atoms with Crippen LogP contribution in [0.2, 0.25) is 0 Å². The van der Waals surface area contributed by atoms with Crippen LogP contribution < -0.4 is 10.6 Å². The summed E-state index contributed by atoms with van der Waals surface area (Å²) < 4.78 is 0. The third kappa shape index (κ3) is 2.81. The molecule has 1 amide bonds. The van der Waals surface area contributed by atoms with E-state index in [2.05, 4.69) is 10.6 Å². The number of amidine groups is 1. The topological polar surface area (TPSA) is 65.0 Å². The molecule has 1 unspecified atom stereocenters. The SMILES string of the molecule is CC(C)C(=N)NC(=O)C1CCNC1. The third-order valence-corrected chi connectivity index (χ3v) is 2.27. The van der Waals surface area contributed by atoms with E-state index in [1.54, 1.807) is 0 Å². The summed E-state index contributed by atoms with van der Waals surface area (Å²) in [6.45, 7) is 5.45. The zero-order valence-corrected chi connectivity index (χ0v) is 8.18. The highest BCUT2D eigenvalue weighted by molar-refractivity contribution is 5.98. The van der Waals surface area contributed by atoms with Crippen molar-refractivity contribution in [3.8, 4) is 0 Å². The molecule has 0 aromatic heterocycles. The Morgan fingerprint density at radius 2 is 2.31 bits per heavy atom. The Bertz CT molecular complexity index is 207. The lowest BCUT2D eigenvalue weighted by Gasteiger charge is -2.12. The van der Waals surface area contributed by atoms with Crippen LogP contribution >= 0.6 is 0 Å². The van der Waals surface area contributed by atoms with Gasteiger partial charge in [-0.2, -0.15) is 0 Å². The molecule has 1 rings (SSSR count). The van der Waals surface area contributed by atoms with Crippen molar-refractivity contribution in [3.63, 3.8) is 0 Å². The first-order chi connectivity index (χ1) is 6.11. The van der Waals surface area contributed by atoms with Gasteiger partial charge in [0.2, 0.25) is 5.91 Å². The first-order valence-electron chi connectivity index (χ1n) is 4.71. The standard InChI is InChI=1S/C9H17N3O/c1-6(2)8(10)12-9(13)7-3-4-11-5-7/h6-7,11H,3-5H2,1-2H3,(H2,10,12,13). The van der Waals surface area contributed by atoms with E-state index in [-0.39, 0.29) is 17.7 Å². The average molecular weight is 183 g/mol. The van der Waals surface area contributed by atoms with Gasteiger partial charge in [-0.3, -0.25) is 10.2 Å². The first-order valence-corrected chi connectivity index (χ1v) is 4.71. The fourth-order valence-electron chi connectivity index (χ4n) is 1.26. The summed E-state index contributed by atoms with van der Waals surface area (Å²) >= 11 is 0. The molecule has 1 atom stereocenters. The first kappa shape index (κ1) is 10.2. The van der Waals surface area contributed by atoms with Crippen LogP contribution in [0.1, 0.15) is 20.3 Å². The van der Waals surface area contributed by atoms with Gasteiger partial charge in [-0.05, 0) is 13.0 Å². The molecule has 13 heavy (non-hydrogen) atoms. The summed E-state index contributed by atoms with van der Waals surface area (Å²) in [5, 5.41) is 13.2. The molecule has 0 saturated carbocycles. The van der Waals surface area contributed by atoms with E-state index in [1.165, 1.54) is 0 Å². The van der Waals surface area contributed by atoms with Gasteiger partial charge in [-0.15, -0.1) is 0 Å². The van der Waals surface area contributed by atoms with Gasteiger partial charge < -0.3 is 10.6 Å². The van der Waals surface area contributed by atoms with Gasteiger partial charge in [-0.1, -0.05) is 13.8 Å². The molecule has 3 N–H and O–H groups in total. The number of hydrogen-bond donors (Lipinski definition) is 3. The second-order valence-electron chi connectivity index (χ2n) is 3.75. The third-order valence-electron chi connectivity index (χ3n) is 2.27. The van der Waals surface area contributed by atoms with Crippen molar-refractivity contribution >= 4 is 11.7 Å². The minimum atomic E-state index is -0.0105. The van der Waals surface area contributed by atoms with Crippen molar-refractivity contribution in [1.82, 2.24) is 10.6 Å². The van der Waals surface area contributed by atoms with Crippen LogP contribution in [0.3, 0.4) is 0 Å². The van der Waals surface area contributed by atoms with Crippen molar-refractivity contribution in [2.24, 2.45) is 11.8 Å². The smallest absolute Gasteiger partial charge is 0.229 e. The molecule has 0 bridgehead atoms. The molecule has 0 radical (unpaired) electrons. The molecule has 4 heteroatoms. The summed E-state index contributed by atoms with van der Waals surface area (Å²) in [7, 11) is 0. The van der Waals surface area contributed by atoms with E-state index in [1.807, 2.05) is 13.8 Å². The molecular weight excluding hydrogens is 166 g/mol. The van der Waals surface area contributed by atoms with Crippen molar-refractivity contribution in [1.29, 1.82) is 5.41 Å². The quantitative estimate of drug-likeness (QED) is 0.427. The molecule has 1 aliphatic rings. The lowest BCUT2D eigenvalue weighted by Crippen LogP contribution is -2.38. The Labute approximate surface area is 78.6 Å². The Kier molecular flexibility index (Phi) is 3.42. The minimum absolute atomic E-state index is 0.0105. The monoisotopic (exact) mass is 183 g/mol. The van der Waals surface area contributed by atoms with Crippen molar-refractivity contribution in [2.75, 3.05) is 13.1 Å². The maximum absolute atomic E-state index is 11.5. The number of nitrogens with one attached hydrogen (secondary N) is 3. The van der Waals surface area contributed by atoms with Gasteiger partial charge in [-0.25, -0.2) is 0 Å². The molecule has 0 aliphatic carbocycles. The van der Waals surface area contributed by atoms with Gasteiger partial charge >= 0.3 is 0 Å². The van der Waals surface area contributed by atoms with Gasteiger partial charge in [0.25, 0.3) is 0 Å². The molecule has 0 aromatic carbocycles. The Morgan fingerprint density at radius 1 is 1.62 bits per heavy atom. The highest BCUT2D eigenvalue weighted by atomic mass is 16.2. The maximum atomic E-state index is 11.5. The number of carbonyl (C=O) groups is 1. The van der Waals surface area contributed by atoms with Crippen LogP contribution in [-0.2, 0) is 4.79 Å². The van der Waals surface area contributed by atoms with Crippen molar-refractivity contribution in [3.05, 3.63) is 0 Å². The molecule has 1 saturated heterocycles. The van der Waals surface area contributed by atoms with Crippen LogP contribution in [0.15, 0.2) is 0 Å². The Balaban J connectivity index is 2.36. The van der Waals surface area contributed by atoms with E-state index in [0.29, 0.717) is 5.84 Å². The predicted octanol–water partition coefficient (Wildman–Crippen LogP) is 0.345. The van der Waals surface area contributed by atoms with Crippen LogP contribution in [0.5, 0.6) is 0 Å². The molecule has 74 valence electrons. The van der Waals surface area contributed by atoms with Gasteiger partial charge in [0.15, 0.2) is 0 Å². The molecule has 0 aromatic rings. The lowest BCUT2D eigenvalue weighted by atomic mass is 10.1.